The molecule has 246 valence electrons. The third-order valence-corrected chi connectivity index (χ3v) is 12.6. The highest BCUT2D eigenvalue weighted by atomic mass is 32.2. The van der Waals surface area contributed by atoms with Gasteiger partial charge in [0.1, 0.15) is 28.7 Å². The molecule has 0 amide bonds. The van der Waals surface area contributed by atoms with Gasteiger partial charge in [-0.05, 0) is 111 Å². The second-order valence-corrected chi connectivity index (χ2v) is 14.8. The highest BCUT2D eigenvalue weighted by Crippen LogP contribution is 2.53. The molecule has 0 radical (unpaired) electrons. The monoisotopic (exact) mass is 663 g/mol. The van der Waals surface area contributed by atoms with Gasteiger partial charge in [-0.15, -0.1) is 0 Å². The van der Waals surface area contributed by atoms with Gasteiger partial charge in [0.15, 0.2) is 9.84 Å². The van der Waals surface area contributed by atoms with Crippen molar-refractivity contribution in [2.45, 2.75) is 73.4 Å². The number of carboxylic acids is 1. The van der Waals surface area contributed by atoms with Gasteiger partial charge >= 0.3 is 12.1 Å². The van der Waals surface area contributed by atoms with E-state index in [2.05, 4.69) is 4.90 Å². The lowest BCUT2D eigenvalue weighted by Gasteiger charge is -2.43. The third-order valence-electron chi connectivity index (χ3n) is 10.1. The number of benzene rings is 3. The molecule has 12 heteroatoms. The van der Waals surface area contributed by atoms with Crippen LogP contribution in [-0.2, 0) is 38.6 Å². The van der Waals surface area contributed by atoms with Gasteiger partial charge in [0.25, 0.3) is 0 Å². The van der Waals surface area contributed by atoms with Crippen LogP contribution in [0.2, 0.25) is 0 Å². The average Bonchev–Trinajstić information content (AvgIpc) is 3.40. The predicted octanol–water partition coefficient (Wildman–Crippen LogP) is 7.14. The van der Waals surface area contributed by atoms with Crippen LogP contribution < -0.4 is 4.74 Å². The fourth-order valence-electron chi connectivity index (χ4n) is 7.78. The number of carbonyl (C=O) groups is 1. The maximum atomic E-state index is 14.6. The predicted molar refractivity (Wildman–Crippen MR) is 159 cm³/mol. The van der Waals surface area contributed by atoms with Crippen LogP contribution >= 0.6 is 0 Å². The van der Waals surface area contributed by atoms with Crippen molar-refractivity contribution in [3.05, 3.63) is 94.6 Å². The highest BCUT2D eigenvalue weighted by Gasteiger charge is 2.60. The number of carboxylic acid groups (broad SMARTS) is 1. The summed E-state index contributed by atoms with van der Waals surface area (Å²) in [4.78, 5) is 13.7. The van der Waals surface area contributed by atoms with Gasteiger partial charge in [0, 0.05) is 24.7 Å². The van der Waals surface area contributed by atoms with Crippen LogP contribution in [0.3, 0.4) is 0 Å². The number of rotatable bonds is 8. The quantitative estimate of drug-likeness (QED) is 0.204. The molecule has 3 aromatic rings. The van der Waals surface area contributed by atoms with E-state index in [1.807, 2.05) is 0 Å². The maximum absolute atomic E-state index is 14.6. The van der Waals surface area contributed by atoms with Crippen molar-refractivity contribution in [3.8, 4) is 5.75 Å². The number of hydrogen-bond donors (Lipinski definition) is 1. The molecule has 1 N–H and O–H groups in total. The second-order valence-electron chi connectivity index (χ2n) is 12.6. The minimum atomic E-state index is -4.77. The van der Waals surface area contributed by atoms with E-state index < -0.39 is 62.1 Å². The summed E-state index contributed by atoms with van der Waals surface area (Å²) in [5, 5.41) is 9.40. The number of aliphatic carboxylic acids is 1. The number of aryl methyl sites for hydroxylation is 1. The summed E-state index contributed by atoms with van der Waals surface area (Å²) in [6.45, 7) is 0.466. The molecule has 6 rings (SSSR count). The Hall–Kier alpha value is -3.51. The molecule has 0 aromatic heterocycles. The van der Waals surface area contributed by atoms with E-state index in [0.29, 0.717) is 49.9 Å². The molecule has 3 aromatic carbocycles. The van der Waals surface area contributed by atoms with Gasteiger partial charge in [-0.25, -0.2) is 17.2 Å². The second kappa shape index (κ2) is 12.3. The summed E-state index contributed by atoms with van der Waals surface area (Å²) in [6.07, 6.45) is -0.877. The van der Waals surface area contributed by atoms with Crippen LogP contribution in [0.5, 0.6) is 5.75 Å². The van der Waals surface area contributed by atoms with E-state index in [9.17, 15) is 40.3 Å². The number of sulfone groups is 1. The molecular formula is C34H34F5NO5S. The van der Waals surface area contributed by atoms with Crippen LogP contribution in [-0.4, -0.2) is 43.5 Å². The summed E-state index contributed by atoms with van der Waals surface area (Å²) in [5.41, 5.74) is -0.501. The van der Waals surface area contributed by atoms with Gasteiger partial charge in [-0.3, -0.25) is 9.69 Å². The molecule has 46 heavy (non-hydrogen) atoms. The van der Waals surface area contributed by atoms with Gasteiger partial charge in [-0.1, -0.05) is 12.1 Å². The Morgan fingerprint density at radius 1 is 0.978 bits per heavy atom. The largest absolute Gasteiger partial charge is 0.489 e. The first-order valence-electron chi connectivity index (χ1n) is 15.4. The smallest absolute Gasteiger partial charge is 0.416 e. The van der Waals surface area contributed by atoms with Crippen LogP contribution in [0.1, 0.15) is 60.8 Å². The Kier molecular flexibility index (Phi) is 8.64. The van der Waals surface area contributed by atoms with Crippen molar-refractivity contribution < 1.29 is 45.0 Å². The van der Waals surface area contributed by atoms with Gasteiger partial charge in [0.05, 0.1) is 16.4 Å². The summed E-state index contributed by atoms with van der Waals surface area (Å²) < 4.78 is 102. The molecule has 6 nitrogen and oxygen atoms in total. The zero-order valence-electron chi connectivity index (χ0n) is 24.9. The Labute approximate surface area is 264 Å². The zero-order valence-corrected chi connectivity index (χ0v) is 25.7. The first-order chi connectivity index (χ1) is 21.8. The molecule has 3 aliphatic rings. The molecule has 0 spiro atoms. The van der Waals surface area contributed by atoms with Crippen molar-refractivity contribution >= 4 is 15.8 Å². The standard InChI is InChI=1S/C34H34F5NO5S/c35-24-9-12-26(13-10-24)46(43,44)33-16-17-40(19-21-4-6-22(7-5-21)32(41)42)31(33)15-8-23-18-25(11-14-28(23)33)45-20-27-29(34(37,38)39)2-1-3-30(27)36/h1-3,9-14,18,21-22,31H,4-8,15-17,19-20H2,(H,41,42)/t21-,22-,31-,33-/m1/s1. The average molecular weight is 664 g/mol. The number of nitrogens with zero attached hydrogens (tertiary/aromatic N) is 1. The van der Waals surface area contributed by atoms with Crippen LogP contribution in [0, 0.1) is 23.5 Å². The first kappa shape index (κ1) is 32.4. The van der Waals surface area contributed by atoms with Crippen LogP contribution in [0.25, 0.3) is 0 Å². The Morgan fingerprint density at radius 3 is 2.37 bits per heavy atom. The van der Waals surface area contributed by atoms with Crippen molar-refractivity contribution in [1.29, 1.82) is 0 Å². The highest BCUT2D eigenvalue weighted by molar-refractivity contribution is 7.92. The fourth-order valence-corrected chi connectivity index (χ4v) is 10.2. The number of hydrogen-bond acceptors (Lipinski definition) is 5. The van der Waals surface area contributed by atoms with E-state index in [1.165, 1.54) is 18.2 Å². The molecule has 1 saturated heterocycles. The molecular weight excluding hydrogens is 629 g/mol. The molecule has 2 aliphatic carbocycles. The normalized spacial score (nSPS) is 25.1. The van der Waals surface area contributed by atoms with Crippen molar-refractivity contribution in [2.75, 3.05) is 13.1 Å². The summed E-state index contributed by atoms with van der Waals surface area (Å²) >= 11 is 0. The van der Waals surface area contributed by atoms with Gasteiger partial charge < -0.3 is 9.84 Å². The number of halogens is 5. The minimum absolute atomic E-state index is 0.00451. The summed E-state index contributed by atoms with van der Waals surface area (Å²) in [5.74, 6) is -2.32. The number of alkyl halides is 3. The Bertz CT molecular complexity index is 1720. The lowest BCUT2D eigenvalue weighted by molar-refractivity contribution is -0.143. The zero-order chi connectivity index (χ0) is 32.9. The molecule has 1 aliphatic heterocycles. The SMILES string of the molecule is O=C(O)[C@H]1CC[C@H](CN2CC[C@@]3(S(=O)(=O)c4ccc(F)cc4)c4ccc(OCc5c(F)cccc5C(F)(F)F)cc4CC[C@@H]23)CC1. The number of likely N-dealkylation sites (tertiary alicyclic amines) is 1. The van der Waals surface area contributed by atoms with Crippen molar-refractivity contribution in [3.63, 3.8) is 0 Å². The molecule has 0 unspecified atom stereocenters. The van der Waals surface area contributed by atoms with E-state index in [0.717, 1.165) is 43.2 Å². The number of fused-ring (bicyclic) bond motifs is 3. The molecule has 2 atom stereocenters. The topological polar surface area (TPSA) is 83.9 Å². The Morgan fingerprint density at radius 2 is 1.70 bits per heavy atom. The summed E-state index contributed by atoms with van der Waals surface area (Å²) in [7, 11) is -4.08. The van der Waals surface area contributed by atoms with Gasteiger partial charge in [-0.2, -0.15) is 13.2 Å². The van der Waals surface area contributed by atoms with Crippen LogP contribution in [0.15, 0.2) is 65.6 Å². The van der Waals surface area contributed by atoms with E-state index in [4.69, 9.17) is 4.74 Å². The minimum Gasteiger partial charge on any atom is -0.489 e. The molecule has 2 fully saturated rings. The molecule has 1 heterocycles. The van der Waals surface area contributed by atoms with Crippen LogP contribution in [0.4, 0.5) is 22.0 Å². The lowest BCUT2D eigenvalue weighted by atomic mass is 9.78. The molecule has 1 saturated carbocycles. The van der Waals surface area contributed by atoms with Crippen molar-refractivity contribution in [1.82, 2.24) is 4.90 Å². The van der Waals surface area contributed by atoms with Crippen molar-refractivity contribution in [2.24, 2.45) is 11.8 Å². The third kappa shape index (κ3) is 5.78. The van der Waals surface area contributed by atoms with E-state index >= 15 is 0 Å². The number of ether oxygens (including phenoxy) is 1. The fraction of sp³-hybridized carbons (Fsp3) is 0.441. The van der Waals surface area contributed by atoms with E-state index in [-0.39, 0.29) is 28.9 Å². The van der Waals surface area contributed by atoms with E-state index in [1.54, 1.807) is 12.1 Å². The summed E-state index contributed by atoms with van der Waals surface area (Å²) in [6, 6.07) is 11.9. The Balaban J connectivity index is 1.32. The first-order valence-corrected chi connectivity index (χ1v) is 16.9. The lowest BCUT2D eigenvalue weighted by Crippen LogP contribution is -2.51. The van der Waals surface area contributed by atoms with Gasteiger partial charge in [0.2, 0.25) is 0 Å². The maximum Gasteiger partial charge on any atom is 0.416 e. The molecule has 0 bridgehead atoms.